The van der Waals surface area contributed by atoms with Gasteiger partial charge < -0.3 is 0 Å². The first-order valence-corrected chi connectivity index (χ1v) is 7.16. The number of hydrogen-bond donors (Lipinski definition) is 0. The van der Waals surface area contributed by atoms with E-state index in [-0.39, 0.29) is 0 Å². The average molecular weight is 350 g/mol. The molecule has 4 heteroatoms. The van der Waals surface area contributed by atoms with E-state index in [1.54, 1.807) is 6.07 Å². The standard InChI is InChI=1S/C13H8BrCl3/c14-7-8-3-10(5-11(15)4-8)9-1-2-12(16)13(17)6-9/h1-6H,7H2. The van der Waals surface area contributed by atoms with Crippen molar-refractivity contribution in [3.05, 3.63) is 57.0 Å². The first-order chi connectivity index (χ1) is 8.10. The van der Waals surface area contributed by atoms with Crippen molar-refractivity contribution >= 4 is 50.7 Å². The Kier molecular flexibility index (Phi) is 4.37. The van der Waals surface area contributed by atoms with Crippen LogP contribution < -0.4 is 0 Å². The lowest BCUT2D eigenvalue weighted by Gasteiger charge is -2.06. The van der Waals surface area contributed by atoms with E-state index in [4.69, 9.17) is 34.8 Å². The van der Waals surface area contributed by atoms with Gasteiger partial charge in [0.25, 0.3) is 0 Å². The largest absolute Gasteiger partial charge is 0.0876 e. The number of hydrogen-bond acceptors (Lipinski definition) is 0. The Morgan fingerprint density at radius 3 is 2.24 bits per heavy atom. The van der Waals surface area contributed by atoms with Crippen LogP contribution in [0.4, 0.5) is 0 Å². The van der Waals surface area contributed by atoms with Crippen LogP contribution in [0.15, 0.2) is 36.4 Å². The molecule has 0 aliphatic rings. The van der Waals surface area contributed by atoms with Crippen LogP contribution in [0.5, 0.6) is 0 Å². The van der Waals surface area contributed by atoms with Gasteiger partial charge in [0.15, 0.2) is 0 Å². The van der Waals surface area contributed by atoms with Crippen LogP contribution in [0.25, 0.3) is 11.1 Å². The van der Waals surface area contributed by atoms with Crippen molar-refractivity contribution in [3.63, 3.8) is 0 Å². The van der Waals surface area contributed by atoms with E-state index in [0.29, 0.717) is 15.1 Å². The molecule has 2 rings (SSSR count). The lowest BCUT2D eigenvalue weighted by atomic mass is 10.0. The minimum atomic E-state index is 0.546. The van der Waals surface area contributed by atoms with E-state index in [0.717, 1.165) is 22.0 Å². The maximum Gasteiger partial charge on any atom is 0.0598 e. The molecular weight excluding hydrogens is 342 g/mol. The second-order valence-corrected chi connectivity index (χ2v) is 5.42. The molecule has 2 aromatic carbocycles. The van der Waals surface area contributed by atoms with E-state index in [1.165, 1.54) is 0 Å². The van der Waals surface area contributed by atoms with Crippen molar-refractivity contribution in [3.8, 4) is 11.1 Å². The molecule has 0 spiro atoms. The molecule has 0 radical (unpaired) electrons. The van der Waals surface area contributed by atoms with Gasteiger partial charge in [-0.2, -0.15) is 0 Å². The summed E-state index contributed by atoms with van der Waals surface area (Å²) in [6, 6.07) is 11.5. The SMILES string of the molecule is Clc1cc(CBr)cc(-c2ccc(Cl)c(Cl)c2)c1. The predicted octanol–water partition coefficient (Wildman–Crippen LogP) is 6.21. The molecule has 0 saturated carbocycles. The van der Waals surface area contributed by atoms with E-state index < -0.39 is 0 Å². The summed E-state index contributed by atoms with van der Waals surface area (Å²) < 4.78 is 0. The van der Waals surface area contributed by atoms with Gasteiger partial charge in [-0.15, -0.1) is 0 Å². The third kappa shape index (κ3) is 3.17. The first-order valence-electron chi connectivity index (χ1n) is 4.91. The molecule has 0 atom stereocenters. The van der Waals surface area contributed by atoms with Gasteiger partial charge in [0.05, 0.1) is 10.0 Å². The molecule has 0 unspecified atom stereocenters. The monoisotopic (exact) mass is 348 g/mol. The fraction of sp³-hybridized carbons (Fsp3) is 0.0769. The summed E-state index contributed by atoms with van der Waals surface area (Å²) in [7, 11) is 0. The summed E-state index contributed by atoms with van der Waals surface area (Å²) in [5, 5.41) is 2.58. The second kappa shape index (κ2) is 5.62. The zero-order valence-corrected chi connectivity index (χ0v) is 12.5. The van der Waals surface area contributed by atoms with Crippen LogP contribution in [0, 0.1) is 0 Å². The van der Waals surface area contributed by atoms with E-state index in [1.807, 2.05) is 24.3 Å². The predicted molar refractivity (Wildman–Crippen MR) is 79.5 cm³/mol. The van der Waals surface area contributed by atoms with Gasteiger partial charge in [-0.3, -0.25) is 0 Å². The van der Waals surface area contributed by atoms with Gasteiger partial charge in [-0.1, -0.05) is 62.9 Å². The van der Waals surface area contributed by atoms with Gasteiger partial charge >= 0.3 is 0 Å². The molecule has 88 valence electrons. The molecule has 0 aliphatic carbocycles. The van der Waals surface area contributed by atoms with Crippen molar-refractivity contribution in [2.24, 2.45) is 0 Å². The Morgan fingerprint density at radius 1 is 0.824 bits per heavy atom. The minimum absolute atomic E-state index is 0.546. The van der Waals surface area contributed by atoms with Gasteiger partial charge in [0.1, 0.15) is 0 Å². The van der Waals surface area contributed by atoms with E-state index in [9.17, 15) is 0 Å². The second-order valence-electron chi connectivity index (χ2n) is 3.61. The number of alkyl halides is 1. The quantitative estimate of drug-likeness (QED) is 0.565. The molecule has 0 saturated heterocycles. The van der Waals surface area contributed by atoms with Gasteiger partial charge in [-0.25, -0.2) is 0 Å². The Balaban J connectivity index is 2.52. The third-order valence-corrected chi connectivity index (χ3v) is 3.97. The lowest BCUT2D eigenvalue weighted by Crippen LogP contribution is -1.83. The van der Waals surface area contributed by atoms with Gasteiger partial charge in [-0.05, 0) is 41.0 Å². The number of halogens is 4. The molecule has 0 aromatic heterocycles. The fourth-order valence-electron chi connectivity index (χ4n) is 1.57. The van der Waals surface area contributed by atoms with Crippen LogP contribution in [-0.4, -0.2) is 0 Å². The van der Waals surface area contributed by atoms with Gasteiger partial charge in [0.2, 0.25) is 0 Å². The molecular formula is C13H8BrCl3. The molecule has 2 aromatic rings. The highest BCUT2D eigenvalue weighted by Gasteiger charge is 2.04. The summed E-state index contributed by atoms with van der Waals surface area (Å²) in [5.74, 6) is 0. The topological polar surface area (TPSA) is 0 Å². The summed E-state index contributed by atoms with van der Waals surface area (Å²) >= 11 is 21.4. The highest BCUT2D eigenvalue weighted by atomic mass is 79.9. The zero-order chi connectivity index (χ0) is 12.4. The molecule has 0 N–H and O–H groups in total. The number of rotatable bonds is 2. The summed E-state index contributed by atoms with van der Waals surface area (Å²) in [4.78, 5) is 0. The van der Waals surface area contributed by atoms with E-state index >= 15 is 0 Å². The molecule has 0 fully saturated rings. The summed E-state index contributed by atoms with van der Waals surface area (Å²) in [5.41, 5.74) is 3.16. The molecule has 0 aliphatic heterocycles. The Morgan fingerprint density at radius 2 is 1.59 bits per heavy atom. The van der Waals surface area contributed by atoms with Crippen LogP contribution in [0.2, 0.25) is 15.1 Å². The highest BCUT2D eigenvalue weighted by Crippen LogP contribution is 2.30. The van der Waals surface area contributed by atoms with Crippen molar-refractivity contribution < 1.29 is 0 Å². The Hall–Kier alpha value is -0.210. The Labute approximate surface area is 124 Å². The summed E-state index contributed by atoms with van der Waals surface area (Å²) in [6.45, 7) is 0. The molecule has 0 bridgehead atoms. The van der Waals surface area contributed by atoms with Crippen molar-refractivity contribution in [1.82, 2.24) is 0 Å². The highest BCUT2D eigenvalue weighted by molar-refractivity contribution is 9.08. The Bertz CT molecular complexity index is 552. The van der Waals surface area contributed by atoms with Crippen molar-refractivity contribution in [1.29, 1.82) is 0 Å². The summed E-state index contributed by atoms with van der Waals surface area (Å²) in [6.07, 6.45) is 0. The van der Waals surface area contributed by atoms with Crippen LogP contribution in [-0.2, 0) is 5.33 Å². The van der Waals surface area contributed by atoms with Crippen LogP contribution in [0.1, 0.15) is 5.56 Å². The zero-order valence-electron chi connectivity index (χ0n) is 8.68. The van der Waals surface area contributed by atoms with Crippen molar-refractivity contribution in [2.45, 2.75) is 5.33 Å². The molecule has 0 heterocycles. The fourth-order valence-corrected chi connectivity index (χ4v) is 2.45. The third-order valence-electron chi connectivity index (χ3n) is 2.36. The maximum atomic E-state index is 6.07. The molecule has 0 amide bonds. The normalized spacial score (nSPS) is 10.6. The first kappa shape index (κ1) is 13.2. The van der Waals surface area contributed by atoms with Gasteiger partial charge in [0, 0.05) is 10.4 Å². The average Bonchev–Trinajstić information content (AvgIpc) is 2.32. The smallest absolute Gasteiger partial charge is 0.0598 e. The van der Waals surface area contributed by atoms with Crippen LogP contribution in [0.3, 0.4) is 0 Å². The lowest BCUT2D eigenvalue weighted by molar-refractivity contribution is 1.43. The minimum Gasteiger partial charge on any atom is -0.0876 e. The molecule has 0 nitrogen and oxygen atoms in total. The van der Waals surface area contributed by atoms with E-state index in [2.05, 4.69) is 22.0 Å². The maximum absolute atomic E-state index is 6.07. The number of benzene rings is 2. The molecule has 17 heavy (non-hydrogen) atoms. The van der Waals surface area contributed by atoms with Crippen molar-refractivity contribution in [2.75, 3.05) is 0 Å². The van der Waals surface area contributed by atoms with Crippen LogP contribution >= 0.6 is 50.7 Å².